The molecule has 1 heterocycles. The van der Waals surface area contributed by atoms with Crippen molar-refractivity contribution in [1.29, 1.82) is 0 Å². The van der Waals surface area contributed by atoms with Gasteiger partial charge in [-0.1, -0.05) is 6.07 Å². The van der Waals surface area contributed by atoms with Crippen LogP contribution < -0.4 is 25.2 Å². The van der Waals surface area contributed by atoms with Crippen molar-refractivity contribution in [1.82, 2.24) is 5.32 Å². The molecule has 0 aliphatic heterocycles. The number of benzene rings is 2. The zero-order valence-corrected chi connectivity index (χ0v) is 15.7. The topological polar surface area (TPSA) is 69.9 Å². The Morgan fingerprint density at radius 3 is 2.48 bits per heavy atom. The van der Waals surface area contributed by atoms with Crippen molar-refractivity contribution in [3.63, 3.8) is 0 Å². The van der Waals surface area contributed by atoms with E-state index in [1.807, 2.05) is 30.3 Å². The van der Waals surface area contributed by atoms with Crippen LogP contribution in [0.15, 0.2) is 51.7 Å². The predicted octanol–water partition coefficient (Wildman–Crippen LogP) is 3.15. The molecule has 0 radical (unpaired) electrons. The molecule has 0 saturated heterocycles. The van der Waals surface area contributed by atoms with Crippen LogP contribution in [0.25, 0.3) is 11.0 Å². The average Bonchev–Trinajstić information content (AvgIpc) is 2.70. The van der Waals surface area contributed by atoms with E-state index in [9.17, 15) is 4.79 Å². The van der Waals surface area contributed by atoms with Gasteiger partial charge in [-0.2, -0.15) is 0 Å². The van der Waals surface area contributed by atoms with Crippen LogP contribution in [0.5, 0.6) is 17.2 Å². The Morgan fingerprint density at radius 1 is 0.926 bits per heavy atom. The first-order chi connectivity index (χ1) is 13.1. The Morgan fingerprint density at radius 2 is 1.74 bits per heavy atom. The molecule has 0 amide bonds. The Bertz CT molecular complexity index is 980. The molecule has 0 aliphatic rings. The van der Waals surface area contributed by atoms with E-state index in [4.69, 9.17) is 18.6 Å². The van der Waals surface area contributed by atoms with Crippen LogP contribution in [-0.2, 0) is 13.0 Å². The molecule has 6 nitrogen and oxygen atoms in total. The van der Waals surface area contributed by atoms with Crippen molar-refractivity contribution in [2.45, 2.75) is 13.0 Å². The lowest BCUT2D eigenvalue weighted by Gasteiger charge is -2.11. The third-order valence-corrected chi connectivity index (χ3v) is 4.39. The standard InChI is InChI=1S/C21H23NO5/c1-24-16-5-6-17-15(11-21(23)27-19(17)12-16)13-22-9-8-14-4-7-18(25-2)20(10-14)26-3/h4-7,10-12,22H,8-9,13H2,1-3H3. The Hall–Kier alpha value is -2.99. The Labute approximate surface area is 157 Å². The summed E-state index contributed by atoms with van der Waals surface area (Å²) in [6.07, 6.45) is 0.827. The van der Waals surface area contributed by atoms with Gasteiger partial charge in [-0.3, -0.25) is 0 Å². The lowest BCUT2D eigenvalue weighted by atomic mass is 10.1. The first-order valence-corrected chi connectivity index (χ1v) is 8.67. The molecule has 0 bridgehead atoms. The number of ether oxygens (including phenoxy) is 3. The summed E-state index contributed by atoms with van der Waals surface area (Å²) in [6.45, 7) is 1.33. The van der Waals surface area contributed by atoms with Crippen LogP contribution in [-0.4, -0.2) is 27.9 Å². The maximum absolute atomic E-state index is 11.8. The largest absolute Gasteiger partial charge is 0.497 e. The molecule has 1 N–H and O–H groups in total. The van der Waals surface area contributed by atoms with Gasteiger partial charge in [0, 0.05) is 24.1 Å². The maximum atomic E-state index is 11.8. The molecule has 0 fully saturated rings. The van der Waals surface area contributed by atoms with Crippen molar-refractivity contribution in [3.8, 4) is 17.2 Å². The van der Waals surface area contributed by atoms with Crippen molar-refractivity contribution < 1.29 is 18.6 Å². The fourth-order valence-corrected chi connectivity index (χ4v) is 2.98. The van der Waals surface area contributed by atoms with Gasteiger partial charge in [0.2, 0.25) is 0 Å². The van der Waals surface area contributed by atoms with E-state index in [0.717, 1.165) is 35.2 Å². The summed E-state index contributed by atoms with van der Waals surface area (Å²) in [5.74, 6) is 2.09. The minimum Gasteiger partial charge on any atom is -0.497 e. The summed E-state index contributed by atoms with van der Waals surface area (Å²) < 4.78 is 21.1. The van der Waals surface area contributed by atoms with Crippen LogP contribution in [0.2, 0.25) is 0 Å². The smallest absolute Gasteiger partial charge is 0.336 e. The molecule has 0 aliphatic carbocycles. The molecule has 3 aromatic rings. The number of fused-ring (bicyclic) bond motifs is 1. The molecule has 142 valence electrons. The third-order valence-electron chi connectivity index (χ3n) is 4.39. The molecule has 3 rings (SSSR count). The number of methoxy groups -OCH3 is 3. The van der Waals surface area contributed by atoms with Gasteiger partial charge < -0.3 is 23.9 Å². The van der Waals surface area contributed by atoms with E-state index < -0.39 is 0 Å². The van der Waals surface area contributed by atoms with Gasteiger partial charge in [0.15, 0.2) is 11.5 Å². The first-order valence-electron chi connectivity index (χ1n) is 8.67. The highest BCUT2D eigenvalue weighted by molar-refractivity contribution is 5.81. The van der Waals surface area contributed by atoms with Crippen molar-refractivity contribution in [2.75, 3.05) is 27.9 Å². The third kappa shape index (κ3) is 4.41. The summed E-state index contributed by atoms with van der Waals surface area (Å²) in [7, 11) is 4.83. The van der Waals surface area contributed by atoms with E-state index in [-0.39, 0.29) is 5.63 Å². The first kappa shape index (κ1) is 18.8. The second kappa shape index (κ2) is 8.60. The highest BCUT2D eigenvalue weighted by Crippen LogP contribution is 2.27. The van der Waals surface area contributed by atoms with Gasteiger partial charge in [-0.05, 0) is 48.4 Å². The summed E-state index contributed by atoms with van der Waals surface area (Å²) in [5, 5.41) is 4.28. The minimum atomic E-state index is -0.368. The van der Waals surface area contributed by atoms with Crippen LogP contribution >= 0.6 is 0 Å². The van der Waals surface area contributed by atoms with Gasteiger partial charge in [-0.25, -0.2) is 4.79 Å². The molecule has 0 saturated carbocycles. The van der Waals surface area contributed by atoms with E-state index in [1.165, 1.54) is 6.07 Å². The number of hydrogen-bond donors (Lipinski definition) is 1. The molecule has 0 unspecified atom stereocenters. The van der Waals surface area contributed by atoms with Crippen LogP contribution in [0, 0.1) is 0 Å². The van der Waals surface area contributed by atoms with E-state index in [0.29, 0.717) is 23.6 Å². The predicted molar refractivity (Wildman–Crippen MR) is 104 cm³/mol. The quantitative estimate of drug-likeness (QED) is 0.486. The van der Waals surface area contributed by atoms with Gasteiger partial charge in [0.05, 0.1) is 21.3 Å². The van der Waals surface area contributed by atoms with E-state index in [2.05, 4.69) is 5.32 Å². The minimum absolute atomic E-state index is 0.368. The van der Waals surface area contributed by atoms with Crippen molar-refractivity contribution in [2.24, 2.45) is 0 Å². The molecule has 0 spiro atoms. The molecule has 0 atom stereocenters. The molecule has 1 aromatic heterocycles. The van der Waals surface area contributed by atoms with E-state index in [1.54, 1.807) is 27.4 Å². The molecule has 27 heavy (non-hydrogen) atoms. The van der Waals surface area contributed by atoms with Crippen LogP contribution in [0.3, 0.4) is 0 Å². The number of nitrogens with one attached hydrogen (secondary N) is 1. The monoisotopic (exact) mass is 369 g/mol. The summed E-state index contributed by atoms with van der Waals surface area (Å²) in [5.41, 5.74) is 2.20. The average molecular weight is 369 g/mol. The Balaban J connectivity index is 1.66. The second-order valence-corrected chi connectivity index (χ2v) is 6.07. The number of rotatable bonds is 8. The lowest BCUT2D eigenvalue weighted by molar-refractivity contribution is 0.354. The highest BCUT2D eigenvalue weighted by Gasteiger charge is 2.08. The van der Waals surface area contributed by atoms with Crippen LogP contribution in [0.1, 0.15) is 11.1 Å². The fraction of sp³-hybridized carbons (Fsp3) is 0.286. The SMILES string of the molecule is COc1ccc2c(CNCCc3ccc(OC)c(OC)c3)cc(=O)oc2c1. The molecular formula is C21H23NO5. The normalized spacial score (nSPS) is 10.8. The summed E-state index contributed by atoms with van der Waals surface area (Å²) >= 11 is 0. The molecular weight excluding hydrogens is 346 g/mol. The number of hydrogen-bond acceptors (Lipinski definition) is 6. The zero-order chi connectivity index (χ0) is 19.2. The van der Waals surface area contributed by atoms with Crippen molar-refractivity contribution in [3.05, 3.63) is 64.0 Å². The summed E-state index contributed by atoms with van der Waals surface area (Å²) in [4.78, 5) is 11.8. The van der Waals surface area contributed by atoms with E-state index >= 15 is 0 Å². The molecule has 6 heteroatoms. The van der Waals surface area contributed by atoms with Gasteiger partial charge in [-0.15, -0.1) is 0 Å². The second-order valence-electron chi connectivity index (χ2n) is 6.07. The Kier molecular flexibility index (Phi) is 5.98. The van der Waals surface area contributed by atoms with Crippen molar-refractivity contribution >= 4 is 11.0 Å². The fourth-order valence-electron chi connectivity index (χ4n) is 2.98. The maximum Gasteiger partial charge on any atom is 0.336 e. The van der Waals surface area contributed by atoms with Crippen LogP contribution in [0.4, 0.5) is 0 Å². The van der Waals surface area contributed by atoms with Gasteiger partial charge >= 0.3 is 5.63 Å². The lowest BCUT2D eigenvalue weighted by Crippen LogP contribution is -2.18. The summed E-state index contributed by atoms with van der Waals surface area (Å²) in [6, 6.07) is 12.9. The highest BCUT2D eigenvalue weighted by atomic mass is 16.5. The molecule has 2 aromatic carbocycles. The van der Waals surface area contributed by atoms with Gasteiger partial charge in [0.25, 0.3) is 0 Å². The zero-order valence-electron chi connectivity index (χ0n) is 15.7. The van der Waals surface area contributed by atoms with Gasteiger partial charge in [0.1, 0.15) is 11.3 Å².